The van der Waals surface area contributed by atoms with E-state index in [1.165, 1.54) is 27.2 Å². The Bertz CT molecular complexity index is 840. The number of aromatic carboxylic acids is 2. The molecule has 0 aliphatic rings. The molecule has 132 valence electrons. The number of carboxylic acids is 2. The molecule has 0 saturated heterocycles. The van der Waals surface area contributed by atoms with Crippen LogP contribution in [-0.2, 0) is 6.42 Å². The van der Waals surface area contributed by atoms with Gasteiger partial charge >= 0.3 is 11.9 Å². The van der Waals surface area contributed by atoms with Gasteiger partial charge in [-0.2, -0.15) is 0 Å². The molecule has 0 radical (unpaired) electrons. The SMILES string of the molecule is COc1ccc(OC)c(Cc2cc(C)c(C(=O)O)c(O)c2C(=O)O)c1. The third kappa shape index (κ3) is 3.50. The van der Waals surface area contributed by atoms with Crippen LogP contribution in [0.4, 0.5) is 0 Å². The maximum Gasteiger partial charge on any atom is 0.339 e. The zero-order valence-corrected chi connectivity index (χ0v) is 14.0. The summed E-state index contributed by atoms with van der Waals surface area (Å²) in [4.78, 5) is 22.9. The van der Waals surface area contributed by atoms with Crippen LogP contribution in [0.1, 0.15) is 37.4 Å². The average Bonchev–Trinajstić information content (AvgIpc) is 2.53. The molecule has 0 aliphatic heterocycles. The number of hydrogen-bond donors (Lipinski definition) is 3. The van der Waals surface area contributed by atoms with Crippen LogP contribution in [0, 0.1) is 6.92 Å². The van der Waals surface area contributed by atoms with Gasteiger partial charge in [0.25, 0.3) is 0 Å². The monoisotopic (exact) mass is 346 g/mol. The maximum absolute atomic E-state index is 11.6. The van der Waals surface area contributed by atoms with Crippen molar-refractivity contribution >= 4 is 11.9 Å². The molecule has 0 bridgehead atoms. The van der Waals surface area contributed by atoms with E-state index in [1.807, 2.05) is 0 Å². The number of aromatic hydroxyl groups is 1. The molecule has 0 saturated carbocycles. The van der Waals surface area contributed by atoms with Gasteiger partial charge in [-0.3, -0.25) is 0 Å². The van der Waals surface area contributed by atoms with Crippen LogP contribution in [0.25, 0.3) is 0 Å². The molecule has 7 heteroatoms. The number of aryl methyl sites for hydroxylation is 1. The number of hydrogen-bond acceptors (Lipinski definition) is 5. The Labute approximate surface area is 144 Å². The van der Waals surface area contributed by atoms with E-state index in [2.05, 4.69) is 0 Å². The largest absolute Gasteiger partial charge is 0.506 e. The molecular formula is C18H18O7. The lowest BCUT2D eigenvalue weighted by atomic mass is 9.93. The minimum absolute atomic E-state index is 0.121. The number of benzene rings is 2. The molecule has 0 amide bonds. The summed E-state index contributed by atoms with van der Waals surface area (Å²) in [6, 6.07) is 6.54. The Balaban J connectivity index is 2.64. The van der Waals surface area contributed by atoms with Gasteiger partial charge in [0.2, 0.25) is 0 Å². The first kappa shape index (κ1) is 18.1. The summed E-state index contributed by atoms with van der Waals surface area (Å²) in [6.07, 6.45) is 0.121. The lowest BCUT2D eigenvalue weighted by Gasteiger charge is -2.15. The van der Waals surface area contributed by atoms with Crippen LogP contribution in [0.2, 0.25) is 0 Å². The van der Waals surface area contributed by atoms with E-state index < -0.39 is 28.8 Å². The normalized spacial score (nSPS) is 10.4. The molecule has 2 aromatic rings. The first-order valence-electron chi connectivity index (χ1n) is 7.33. The van der Waals surface area contributed by atoms with Gasteiger partial charge in [-0.05, 0) is 36.2 Å². The van der Waals surface area contributed by atoms with Gasteiger partial charge in [-0.25, -0.2) is 9.59 Å². The van der Waals surface area contributed by atoms with Crippen molar-refractivity contribution in [3.63, 3.8) is 0 Å². The summed E-state index contributed by atoms with van der Waals surface area (Å²) in [6.45, 7) is 1.50. The summed E-state index contributed by atoms with van der Waals surface area (Å²) in [5.74, 6) is -2.45. The van der Waals surface area contributed by atoms with Gasteiger partial charge < -0.3 is 24.8 Å². The molecule has 2 aromatic carbocycles. The van der Waals surface area contributed by atoms with E-state index in [1.54, 1.807) is 18.2 Å². The highest BCUT2D eigenvalue weighted by atomic mass is 16.5. The van der Waals surface area contributed by atoms with Crippen molar-refractivity contribution < 1.29 is 34.4 Å². The summed E-state index contributed by atoms with van der Waals surface area (Å²) in [7, 11) is 2.99. The van der Waals surface area contributed by atoms with Gasteiger partial charge in [0.1, 0.15) is 28.4 Å². The van der Waals surface area contributed by atoms with Gasteiger partial charge in [-0.1, -0.05) is 6.07 Å². The van der Waals surface area contributed by atoms with Crippen LogP contribution in [0.15, 0.2) is 24.3 Å². The Morgan fingerprint density at radius 3 is 2.12 bits per heavy atom. The van der Waals surface area contributed by atoms with Gasteiger partial charge in [0.15, 0.2) is 0 Å². The first-order chi connectivity index (χ1) is 11.8. The second-order valence-corrected chi connectivity index (χ2v) is 5.42. The van der Waals surface area contributed by atoms with E-state index in [0.29, 0.717) is 17.1 Å². The molecule has 0 heterocycles. The highest BCUT2D eigenvalue weighted by Crippen LogP contribution is 2.33. The van der Waals surface area contributed by atoms with Crippen molar-refractivity contribution in [1.29, 1.82) is 0 Å². The molecule has 3 N–H and O–H groups in total. The predicted octanol–water partition coefficient (Wildman–Crippen LogP) is 2.71. The second-order valence-electron chi connectivity index (χ2n) is 5.42. The molecule has 25 heavy (non-hydrogen) atoms. The second kappa shape index (κ2) is 7.12. The molecule has 0 spiro atoms. The fourth-order valence-electron chi connectivity index (χ4n) is 2.74. The molecule has 0 atom stereocenters. The molecule has 0 aromatic heterocycles. The zero-order valence-electron chi connectivity index (χ0n) is 14.0. The van der Waals surface area contributed by atoms with Crippen molar-refractivity contribution in [2.24, 2.45) is 0 Å². The third-order valence-electron chi connectivity index (χ3n) is 3.88. The van der Waals surface area contributed by atoms with E-state index >= 15 is 0 Å². The minimum Gasteiger partial charge on any atom is -0.506 e. The van der Waals surface area contributed by atoms with Gasteiger partial charge in [-0.15, -0.1) is 0 Å². The summed E-state index contributed by atoms with van der Waals surface area (Å²) < 4.78 is 10.4. The fraction of sp³-hybridized carbons (Fsp3) is 0.222. The summed E-state index contributed by atoms with van der Waals surface area (Å²) in [5.41, 5.74) is 0.337. The van der Waals surface area contributed by atoms with Crippen molar-refractivity contribution in [1.82, 2.24) is 0 Å². The van der Waals surface area contributed by atoms with Crippen LogP contribution in [0.5, 0.6) is 17.2 Å². The number of phenols is 1. The van der Waals surface area contributed by atoms with Crippen molar-refractivity contribution in [2.75, 3.05) is 14.2 Å². The molecule has 2 rings (SSSR count). The van der Waals surface area contributed by atoms with Gasteiger partial charge in [0, 0.05) is 12.0 Å². The van der Waals surface area contributed by atoms with E-state index in [0.717, 1.165) is 0 Å². The quantitative estimate of drug-likeness (QED) is 0.737. The minimum atomic E-state index is -1.41. The fourth-order valence-corrected chi connectivity index (χ4v) is 2.74. The lowest BCUT2D eigenvalue weighted by molar-refractivity contribution is 0.0690. The lowest BCUT2D eigenvalue weighted by Crippen LogP contribution is -2.10. The number of ether oxygens (including phenoxy) is 2. The molecule has 0 fully saturated rings. The number of carboxylic acid groups (broad SMARTS) is 2. The van der Waals surface area contributed by atoms with Crippen LogP contribution < -0.4 is 9.47 Å². The first-order valence-corrected chi connectivity index (χ1v) is 7.33. The Kier molecular flexibility index (Phi) is 5.17. The molecular weight excluding hydrogens is 328 g/mol. The highest BCUT2D eigenvalue weighted by Gasteiger charge is 2.25. The maximum atomic E-state index is 11.6. The van der Waals surface area contributed by atoms with E-state index in [4.69, 9.17) is 9.47 Å². The molecule has 0 aliphatic carbocycles. The average molecular weight is 346 g/mol. The van der Waals surface area contributed by atoms with E-state index in [9.17, 15) is 24.9 Å². The van der Waals surface area contributed by atoms with Gasteiger partial charge in [0.05, 0.1) is 14.2 Å². The Morgan fingerprint density at radius 2 is 1.60 bits per heavy atom. The smallest absolute Gasteiger partial charge is 0.339 e. The zero-order chi connectivity index (χ0) is 18.7. The van der Waals surface area contributed by atoms with Crippen LogP contribution in [-0.4, -0.2) is 41.5 Å². The standard InChI is InChI=1S/C18H18O7/c1-9-6-11(15(18(22)23)16(19)14(9)17(20)21)7-10-8-12(24-2)4-5-13(10)25-3/h4-6,8,19H,7H2,1-3H3,(H,20,21)(H,22,23). The highest BCUT2D eigenvalue weighted by molar-refractivity contribution is 6.00. The summed E-state index contributed by atoms with van der Waals surface area (Å²) in [5, 5.41) is 28.8. The molecule has 0 unspecified atom stereocenters. The molecule has 7 nitrogen and oxygen atoms in total. The number of carbonyl (C=O) groups is 2. The Hall–Kier alpha value is -3.22. The van der Waals surface area contributed by atoms with Crippen molar-refractivity contribution in [3.05, 3.63) is 52.1 Å². The van der Waals surface area contributed by atoms with E-state index in [-0.39, 0.29) is 17.5 Å². The topological polar surface area (TPSA) is 113 Å². The van der Waals surface area contributed by atoms with Crippen LogP contribution >= 0.6 is 0 Å². The number of rotatable bonds is 6. The summed E-state index contributed by atoms with van der Waals surface area (Å²) >= 11 is 0. The van der Waals surface area contributed by atoms with Crippen molar-refractivity contribution in [2.45, 2.75) is 13.3 Å². The third-order valence-corrected chi connectivity index (χ3v) is 3.88. The predicted molar refractivity (Wildman–Crippen MR) is 89.1 cm³/mol. The van der Waals surface area contributed by atoms with Crippen molar-refractivity contribution in [3.8, 4) is 17.2 Å². The Morgan fingerprint density at radius 1 is 0.960 bits per heavy atom. The number of methoxy groups -OCH3 is 2. The van der Waals surface area contributed by atoms with Crippen LogP contribution in [0.3, 0.4) is 0 Å².